The van der Waals surface area contributed by atoms with Gasteiger partial charge in [-0.2, -0.15) is 0 Å². The number of aromatic nitrogens is 1. The maximum atomic E-state index is 5.68. The van der Waals surface area contributed by atoms with Crippen LogP contribution in [0.5, 0.6) is 0 Å². The van der Waals surface area contributed by atoms with Crippen molar-refractivity contribution in [1.29, 1.82) is 0 Å². The van der Waals surface area contributed by atoms with Gasteiger partial charge in [-0.1, -0.05) is 51.2 Å². The summed E-state index contributed by atoms with van der Waals surface area (Å²) in [6, 6.07) is 8.66. The largest absolute Gasteiger partial charge is 0.271 e. The number of hydrogen-bond donors (Lipinski definition) is 2. The van der Waals surface area contributed by atoms with Crippen LogP contribution in [0.1, 0.15) is 50.5 Å². The molecule has 0 amide bonds. The van der Waals surface area contributed by atoms with Gasteiger partial charge in [0.2, 0.25) is 0 Å². The number of nitrogens with one attached hydrogen (secondary N) is 1. The SMILES string of the molecule is CCCCCCCC(Cc1nc2ccccc2s1)NN. The average Bonchev–Trinajstić information content (AvgIpc) is 2.88. The minimum atomic E-state index is 0.345. The molecule has 0 aliphatic carbocycles. The van der Waals surface area contributed by atoms with E-state index in [0.29, 0.717) is 6.04 Å². The minimum Gasteiger partial charge on any atom is -0.271 e. The fourth-order valence-corrected chi connectivity index (χ4v) is 3.50. The number of para-hydroxylation sites is 1. The predicted octanol–water partition coefficient (Wildman–Crippen LogP) is 4.03. The zero-order valence-electron chi connectivity index (χ0n) is 12.3. The number of nitrogens with two attached hydrogens (primary N) is 1. The summed E-state index contributed by atoms with van der Waals surface area (Å²) < 4.78 is 1.27. The molecule has 0 aliphatic heterocycles. The van der Waals surface area contributed by atoms with Crippen molar-refractivity contribution in [3.8, 4) is 0 Å². The number of rotatable bonds is 9. The summed E-state index contributed by atoms with van der Waals surface area (Å²) in [6.45, 7) is 2.25. The Bertz CT molecular complexity index is 476. The van der Waals surface area contributed by atoms with Crippen LogP contribution in [0.4, 0.5) is 0 Å². The second kappa shape index (κ2) is 8.35. The van der Waals surface area contributed by atoms with E-state index in [4.69, 9.17) is 5.84 Å². The summed E-state index contributed by atoms with van der Waals surface area (Å²) in [6.07, 6.45) is 8.61. The van der Waals surface area contributed by atoms with Gasteiger partial charge in [-0.3, -0.25) is 11.3 Å². The van der Waals surface area contributed by atoms with E-state index >= 15 is 0 Å². The summed E-state index contributed by atoms with van der Waals surface area (Å²) in [5.74, 6) is 5.68. The molecule has 0 aliphatic rings. The van der Waals surface area contributed by atoms with Gasteiger partial charge in [0.25, 0.3) is 0 Å². The molecule has 20 heavy (non-hydrogen) atoms. The molecule has 0 spiro atoms. The summed E-state index contributed by atoms with van der Waals surface area (Å²) in [5, 5.41) is 1.18. The van der Waals surface area contributed by atoms with Crippen LogP contribution in [-0.2, 0) is 6.42 Å². The normalized spacial score (nSPS) is 12.9. The molecule has 0 fully saturated rings. The Morgan fingerprint density at radius 3 is 2.75 bits per heavy atom. The topological polar surface area (TPSA) is 50.9 Å². The van der Waals surface area contributed by atoms with E-state index in [1.165, 1.54) is 41.8 Å². The molecule has 1 atom stereocenters. The zero-order chi connectivity index (χ0) is 14.2. The van der Waals surface area contributed by atoms with Crippen LogP contribution >= 0.6 is 11.3 Å². The van der Waals surface area contributed by atoms with E-state index in [1.54, 1.807) is 11.3 Å². The third kappa shape index (κ3) is 4.54. The Morgan fingerprint density at radius 2 is 2.00 bits per heavy atom. The predicted molar refractivity (Wildman–Crippen MR) is 87.8 cm³/mol. The van der Waals surface area contributed by atoms with Gasteiger partial charge < -0.3 is 0 Å². The van der Waals surface area contributed by atoms with Crippen molar-refractivity contribution in [1.82, 2.24) is 10.4 Å². The third-order valence-corrected chi connectivity index (χ3v) is 4.71. The molecule has 1 aromatic heterocycles. The Labute approximate surface area is 125 Å². The monoisotopic (exact) mass is 291 g/mol. The second-order valence-electron chi connectivity index (χ2n) is 5.35. The van der Waals surface area contributed by atoms with Gasteiger partial charge in [0, 0.05) is 12.5 Å². The first-order chi connectivity index (χ1) is 9.83. The minimum absolute atomic E-state index is 0.345. The Kier molecular flexibility index (Phi) is 6.43. The van der Waals surface area contributed by atoms with Crippen molar-refractivity contribution in [3.05, 3.63) is 29.3 Å². The Morgan fingerprint density at radius 1 is 1.20 bits per heavy atom. The van der Waals surface area contributed by atoms with Gasteiger partial charge >= 0.3 is 0 Å². The van der Waals surface area contributed by atoms with Crippen molar-refractivity contribution in [2.45, 2.75) is 57.9 Å². The smallest absolute Gasteiger partial charge is 0.0954 e. The number of unbranched alkanes of at least 4 members (excludes halogenated alkanes) is 4. The highest BCUT2D eigenvalue weighted by molar-refractivity contribution is 7.18. The zero-order valence-corrected chi connectivity index (χ0v) is 13.1. The van der Waals surface area contributed by atoms with Crippen molar-refractivity contribution >= 4 is 21.6 Å². The van der Waals surface area contributed by atoms with E-state index in [0.717, 1.165) is 18.4 Å². The fourth-order valence-electron chi connectivity index (χ4n) is 2.46. The first-order valence-corrected chi connectivity index (χ1v) is 8.45. The lowest BCUT2D eigenvalue weighted by Gasteiger charge is -2.13. The van der Waals surface area contributed by atoms with Gasteiger partial charge in [0.1, 0.15) is 0 Å². The van der Waals surface area contributed by atoms with Crippen molar-refractivity contribution in [2.24, 2.45) is 5.84 Å². The maximum absolute atomic E-state index is 5.68. The quantitative estimate of drug-likeness (QED) is 0.416. The molecule has 3 nitrogen and oxygen atoms in total. The van der Waals surface area contributed by atoms with Crippen molar-refractivity contribution in [3.63, 3.8) is 0 Å². The molecule has 0 bridgehead atoms. The van der Waals surface area contributed by atoms with Gasteiger partial charge in [-0.05, 0) is 18.6 Å². The number of nitrogens with zero attached hydrogens (tertiary/aromatic N) is 1. The summed E-state index contributed by atoms with van der Waals surface area (Å²) >= 11 is 1.78. The lowest BCUT2D eigenvalue weighted by molar-refractivity contribution is 0.460. The lowest BCUT2D eigenvalue weighted by Crippen LogP contribution is -2.36. The fraction of sp³-hybridized carbons (Fsp3) is 0.562. The molecule has 1 aromatic carbocycles. The molecule has 1 heterocycles. The summed E-state index contributed by atoms with van der Waals surface area (Å²) in [5.41, 5.74) is 4.06. The first kappa shape index (κ1) is 15.4. The van der Waals surface area contributed by atoms with Crippen LogP contribution in [0, 0.1) is 0 Å². The van der Waals surface area contributed by atoms with Crippen LogP contribution in [0.15, 0.2) is 24.3 Å². The molecular formula is C16H25N3S. The number of hydrogen-bond acceptors (Lipinski definition) is 4. The van der Waals surface area contributed by atoms with E-state index in [-0.39, 0.29) is 0 Å². The van der Waals surface area contributed by atoms with Gasteiger partial charge in [-0.25, -0.2) is 4.98 Å². The van der Waals surface area contributed by atoms with Gasteiger partial charge in [0.15, 0.2) is 0 Å². The van der Waals surface area contributed by atoms with E-state index in [1.807, 2.05) is 6.07 Å². The highest BCUT2D eigenvalue weighted by Gasteiger charge is 2.11. The molecule has 0 saturated heterocycles. The van der Waals surface area contributed by atoms with Crippen molar-refractivity contribution in [2.75, 3.05) is 0 Å². The molecule has 3 N–H and O–H groups in total. The Balaban J connectivity index is 1.82. The highest BCUT2D eigenvalue weighted by atomic mass is 32.1. The van der Waals surface area contributed by atoms with Gasteiger partial charge in [0.05, 0.1) is 15.2 Å². The molecular weight excluding hydrogens is 266 g/mol. The van der Waals surface area contributed by atoms with E-state index in [2.05, 4.69) is 35.5 Å². The van der Waals surface area contributed by atoms with Crippen LogP contribution in [0.3, 0.4) is 0 Å². The second-order valence-corrected chi connectivity index (χ2v) is 6.46. The molecule has 1 unspecified atom stereocenters. The summed E-state index contributed by atoms with van der Waals surface area (Å²) in [4.78, 5) is 4.68. The van der Waals surface area contributed by atoms with Crippen LogP contribution in [-0.4, -0.2) is 11.0 Å². The molecule has 2 aromatic rings. The third-order valence-electron chi connectivity index (χ3n) is 3.65. The number of hydrazine groups is 1. The molecule has 0 saturated carbocycles. The first-order valence-electron chi connectivity index (χ1n) is 7.64. The van der Waals surface area contributed by atoms with Gasteiger partial charge in [-0.15, -0.1) is 11.3 Å². The lowest BCUT2D eigenvalue weighted by atomic mass is 10.0. The van der Waals surface area contributed by atoms with Crippen molar-refractivity contribution < 1.29 is 0 Å². The molecule has 2 rings (SSSR count). The molecule has 110 valence electrons. The average molecular weight is 291 g/mol. The van der Waals surface area contributed by atoms with Crippen LogP contribution in [0.25, 0.3) is 10.2 Å². The number of thiazole rings is 1. The standard InChI is InChI=1S/C16H25N3S/c1-2-3-4-5-6-9-13(19-17)12-16-18-14-10-7-8-11-15(14)20-16/h7-8,10-11,13,19H,2-6,9,12,17H2,1H3. The highest BCUT2D eigenvalue weighted by Crippen LogP contribution is 2.23. The van der Waals surface area contributed by atoms with Crippen LogP contribution < -0.4 is 11.3 Å². The van der Waals surface area contributed by atoms with E-state index < -0.39 is 0 Å². The van der Waals surface area contributed by atoms with E-state index in [9.17, 15) is 0 Å². The summed E-state index contributed by atoms with van der Waals surface area (Å²) in [7, 11) is 0. The number of fused-ring (bicyclic) bond motifs is 1. The number of benzene rings is 1. The van der Waals surface area contributed by atoms with Crippen LogP contribution in [0.2, 0.25) is 0 Å². The Hall–Kier alpha value is -0.970. The molecule has 4 heteroatoms. The maximum Gasteiger partial charge on any atom is 0.0954 e. The molecule has 0 radical (unpaired) electrons.